The molecule has 0 saturated carbocycles. The molecule has 26 heavy (non-hydrogen) atoms. The normalized spacial score (nSPS) is 10.7. The summed E-state index contributed by atoms with van der Waals surface area (Å²) in [6.07, 6.45) is 0. The van der Waals surface area contributed by atoms with Crippen molar-refractivity contribution in [2.75, 3.05) is 18.4 Å². The molecule has 0 aromatic heterocycles. The molecule has 2 aromatic rings. The largest absolute Gasteiger partial charge is 0.339 e. The molecule has 0 aliphatic heterocycles. The standard InChI is InChI=1S/C22H28N2O2/c1-6-24(7-2)22(26)18-13-11-17(12-14-18)21(25)23-20-16(5)9-8-10-19(20)15(3)4/h8-15H,6-7H2,1-5H3,(H,23,25). The van der Waals surface area contributed by atoms with Gasteiger partial charge in [0.05, 0.1) is 0 Å². The number of amides is 2. The number of anilines is 1. The van der Waals surface area contributed by atoms with Crippen molar-refractivity contribution in [3.05, 3.63) is 64.7 Å². The molecule has 2 aromatic carbocycles. The van der Waals surface area contributed by atoms with Gasteiger partial charge in [-0.15, -0.1) is 0 Å². The Kier molecular flexibility index (Phi) is 6.56. The first-order valence-corrected chi connectivity index (χ1v) is 9.19. The number of hydrogen-bond donors (Lipinski definition) is 1. The van der Waals surface area contributed by atoms with Crippen LogP contribution >= 0.6 is 0 Å². The van der Waals surface area contributed by atoms with Crippen LogP contribution in [0.2, 0.25) is 0 Å². The fourth-order valence-electron chi connectivity index (χ4n) is 2.99. The van der Waals surface area contributed by atoms with Gasteiger partial charge in [0.15, 0.2) is 0 Å². The van der Waals surface area contributed by atoms with E-state index in [1.807, 2.05) is 39.0 Å². The molecule has 0 heterocycles. The van der Waals surface area contributed by atoms with Crippen LogP contribution in [0.4, 0.5) is 5.69 Å². The molecular formula is C22H28N2O2. The van der Waals surface area contributed by atoms with E-state index in [0.29, 0.717) is 30.1 Å². The van der Waals surface area contributed by atoms with Crippen LogP contribution in [0.5, 0.6) is 0 Å². The summed E-state index contributed by atoms with van der Waals surface area (Å²) in [5, 5.41) is 3.04. The van der Waals surface area contributed by atoms with Crippen LogP contribution in [0.25, 0.3) is 0 Å². The van der Waals surface area contributed by atoms with E-state index in [1.54, 1.807) is 29.2 Å². The van der Waals surface area contributed by atoms with Gasteiger partial charge < -0.3 is 10.2 Å². The summed E-state index contributed by atoms with van der Waals surface area (Å²) in [4.78, 5) is 26.8. The minimum atomic E-state index is -0.164. The Labute approximate surface area is 156 Å². The second-order valence-electron chi connectivity index (χ2n) is 6.70. The van der Waals surface area contributed by atoms with Gasteiger partial charge in [-0.1, -0.05) is 32.0 Å². The Morgan fingerprint density at radius 2 is 1.54 bits per heavy atom. The first-order chi connectivity index (χ1) is 12.4. The maximum Gasteiger partial charge on any atom is 0.255 e. The van der Waals surface area contributed by atoms with Crippen molar-refractivity contribution in [3.8, 4) is 0 Å². The molecule has 2 amide bonds. The van der Waals surface area contributed by atoms with Crippen molar-refractivity contribution >= 4 is 17.5 Å². The van der Waals surface area contributed by atoms with E-state index in [0.717, 1.165) is 16.8 Å². The molecule has 0 saturated heterocycles. The fourth-order valence-corrected chi connectivity index (χ4v) is 2.99. The van der Waals surface area contributed by atoms with Crippen molar-refractivity contribution in [2.24, 2.45) is 0 Å². The van der Waals surface area contributed by atoms with Gasteiger partial charge >= 0.3 is 0 Å². The van der Waals surface area contributed by atoms with E-state index in [1.165, 1.54) is 0 Å². The van der Waals surface area contributed by atoms with Gasteiger partial charge in [-0.25, -0.2) is 0 Å². The lowest BCUT2D eigenvalue weighted by Crippen LogP contribution is -2.30. The van der Waals surface area contributed by atoms with E-state index in [4.69, 9.17) is 0 Å². The third kappa shape index (κ3) is 4.31. The quantitative estimate of drug-likeness (QED) is 0.808. The lowest BCUT2D eigenvalue weighted by Gasteiger charge is -2.19. The number of benzene rings is 2. The number of rotatable bonds is 6. The van der Waals surface area contributed by atoms with E-state index in [9.17, 15) is 9.59 Å². The Bertz CT molecular complexity index is 775. The molecule has 0 bridgehead atoms. The molecule has 0 spiro atoms. The zero-order valence-electron chi connectivity index (χ0n) is 16.3. The van der Waals surface area contributed by atoms with Crippen LogP contribution in [0.1, 0.15) is 65.5 Å². The lowest BCUT2D eigenvalue weighted by atomic mass is 9.98. The van der Waals surface area contributed by atoms with Crippen molar-refractivity contribution in [1.29, 1.82) is 0 Å². The second-order valence-corrected chi connectivity index (χ2v) is 6.70. The minimum Gasteiger partial charge on any atom is -0.339 e. The molecule has 0 atom stereocenters. The third-order valence-corrected chi connectivity index (χ3v) is 4.61. The summed E-state index contributed by atoms with van der Waals surface area (Å²) in [5.41, 5.74) is 4.17. The van der Waals surface area contributed by atoms with Crippen LogP contribution < -0.4 is 5.32 Å². The monoisotopic (exact) mass is 352 g/mol. The Morgan fingerprint density at radius 3 is 2.08 bits per heavy atom. The lowest BCUT2D eigenvalue weighted by molar-refractivity contribution is 0.0772. The van der Waals surface area contributed by atoms with Crippen LogP contribution in [0, 0.1) is 6.92 Å². The highest BCUT2D eigenvalue weighted by Gasteiger charge is 2.15. The molecule has 0 fully saturated rings. The van der Waals surface area contributed by atoms with Crippen molar-refractivity contribution in [2.45, 2.75) is 40.5 Å². The van der Waals surface area contributed by atoms with Gasteiger partial charge in [0.2, 0.25) is 0 Å². The topological polar surface area (TPSA) is 49.4 Å². The predicted molar refractivity (Wildman–Crippen MR) is 107 cm³/mol. The number of hydrogen-bond acceptors (Lipinski definition) is 2. The average molecular weight is 352 g/mol. The van der Waals surface area contributed by atoms with Gasteiger partial charge in [0, 0.05) is 29.9 Å². The summed E-state index contributed by atoms with van der Waals surface area (Å²) >= 11 is 0. The van der Waals surface area contributed by atoms with Crippen LogP contribution in [-0.2, 0) is 0 Å². The molecule has 4 heteroatoms. The van der Waals surface area contributed by atoms with Crippen LogP contribution in [0.15, 0.2) is 42.5 Å². The molecule has 0 aliphatic rings. The molecule has 138 valence electrons. The fraction of sp³-hybridized carbons (Fsp3) is 0.364. The Balaban J connectivity index is 2.21. The maximum absolute atomic E-state index is 12.7. The molecule has 2 rings (SSSR count). The number of aryl methyl sites for hydroxylation is 1. The van der Waals surface area contributed by atoms with Gasteiger partial charge in [-0.3, -0.25) is 9.59 Å². The van der Waals surface area contributed by atoms with Crippen molar-refractivity contribution < 1.29 is 9.59 Å². The Hall–Kier alpha value is -2.62. The van der Waals surface area contributed by atoms with Crippen LogP contribution in [0.3, 0.4) is 0 Å². The van der Waals surface area contributed by atoms with E-state index in [2.05, 4.69) is 19.2 Å². The van der Waals surface area contributed by atoms with Gasteiger partial charge in [0.1, 0.15) is 0 Å². The third-order valence-electron chi connectivity index (χ3n) is 4.61. The summed E-state index contributed by atoms with van der Waals surface area (Å²) in [6, 6.07) is 12.9. The summed E-state index contributed by atoms with van der Waals surface area (Å²) in [6.45, 7) is 11.5. The zero-order chi connectivity index (χ0) is 19.3. The maximum atomic E-state index is 12.7. The highest BCUT2D eigenvalue weighted by atomic mass is 16.2. The Morgan fingerprint density at radius 1 is 0.962 bits per heavy atom. The molecule has 1 N–H and O–H groups in total. The average Bonchev–Trinajstić information content (AvgIpc) is 2.64. The number of carbonyl (C=O) groups is 2. The molecule has 0 unspecified atom stereocenters. The summed E-state index contributed by atoms with van der Waals surface area (Å²) in [7, 11) is 0. The molecule has 0 radical (unpaired) electrons. The zero-order valence-corrected chi connectivity index (χ0v) is 16.3. The van der Waals surface area contributed by atoms with E-state index in [-0.39, 0.29) is 11.8 Å². The van der Waals surface area contributed by atoms with E-state index < -0.39 is 0 Å². The van der Waals surface area contributed by atoms with Crippen molar-refractivity contribution in [3.63, 3.8) is 0 Å². The number of para-hydroxylation sites is 1. The predicted octanol–water partition coefficient (Wildman–Crippen LogP) is 4.85. The second kappa shape index (κ2) is 8.65. The van der Waals surface area contributed by atoms with Gasteiger partial charge in [-0.2, -0.15) is 0 Å². The highest BCUT2D eigenvalue weighted by molar-refractivity contribution is 6.05. The number of carbonyl (C=O) groups excluding carboxylic acids is 2. The highest BCUT2D eigenvalue weighted by Crippen LogP contribution is 2.27. The molecular weight excluding hydrogens is 324 g/mol. The minimum absolute atomic E-state index is 0.0112. The smallest absolute Gasteiger partial charge is 0.255 e. The first-order valence-electron chi connectivity index (χ1n) is 9.19. The number of nitrogens with zero attached hydrogens (tertiary/aromatic N) is 1. The first kappa shape index (κ1) is 19.7. The summed E-state index contributed by atoms with van der Waals surface area (Å²) < 4.78 is 0. The summed E-state index contributed by atoms with van der Waals surface area (Å²) in [5.74, 6) is 0.144. The SMILES string of the molecule is CCN(CC)C(=O)c1ccc(C(=O)Nc2c(C)cccc2C(C)C)cc1. The van der Waals surface area contributed by atoms with Gasteiger partial charge in [0.25, 0.3) is 11.8 Å². The molecule has 4 nitrogen and oxygen atoms in total. The number of nitrogens with one attached hydrogen (secondary N) is 1. The van der Waals surface area contributed by atoms with Gasteiger partial charge in [-0.05, 0) is 62.1 Å². The van der Waals surface area contributed by atoms with Crippen LogP contribution in [-0.4, -0.2) is 29.8 Å². The van der Waals surface area contributed by atoms with E-state index >= 15 is 0 Å². The molecule has 0 aliphatic carbocycles. The van der Waals surface area contributed by atoms with Crippen molar-refractivity contribution in [1.82, 2.24) is 4.90 Å².